The zero-order valence-electron chi connectivity index (χ0n) is 10.8. The molecule has 6 nitrogen and oxygen atoms in total. The normalized spacial score (nSPS) is 31.0. The molecule has 1 unspecified atom stereocenters. The maximum atomic E-state index is 12.2. The Hall–Kier alpha value is -0.660. The van der Waals surface area contributed by atoms with Crippen LogP contribution in [0, 0.1) is 0 Å². The fraction of sp³-hybridized carbons (Fsp3) is 0.909. The third kappa shape index (κ3) is 2.53. The molecule has 0 aromatic carbocycles. The van der Waals surface area contributed by atoms with Gasteiger partial charge in [0.25, 0.3) is 0 Å². The number of amides is 1. The molecule has 18 heavy (non-hydrogen) atoms. The maximum absolute atomic E-state index is 12.2. The van der Waals surface area contributed by atoms with Gasteiger partial charge in [0.2, 0.25) is 5.91 Å². The number of carbonyl (C=O) groups is 1. The standard InChI is InChI=1S/C11H20N2O4S/c1-11(2)8-13(4-6-18(11,15)16)10(14)9-7-17-5-3-12-9/h9,12H,3-8H2,1-2H3. The molecule has 2 aliphatic heterocycles. The van der Waals surface area contributed by atoms with Crippen LogP contribution in [0.25, 0.3) is 0 Å². The molecule has 0 aromatic rings. The van der Waals surface area contributed by atoms with E-state index in [1.54, 1.807) is 18.7 Å². The van der Waals surface area contributed by atoms with Gasteiger partial charge in [0, 0.05) is 19.6 Å². The molecule has 2 aliphatic rings. The van der Waals surface area contributed by atoms with Gasteiger partial charge in [-0.1, -0.05) is 0 Å². The molecule has 7 heteroatoms. The summed E-state index contributed by atoms with van der Waals surface area (Å²) in [5.41, 5.74) is 0. The third-order valence-corrected chi connectivity index (χ3v) is 6.11. The molecule has 0 aliphatic carbocycles. The van der Waals surface area contributed by atoms with Crippen LogP contribution in [0.4, 0.5) is 0 Å². The Morgan fingerprint density at radius 1 is 1.44 bits per heavy atom. The Morgan fingerprint density at radius 2 is 2.17 bits per heavy atom. The molecule has 2 heterocycles. The van der Waals surface area contributed by atoms with Crippen LogP contribution in [0.5, 0.6) is 0 Å². The van der Waals surface area contributed by atoms with E-state index >= 15 is 0 Å². The first-order chi connectivity index (χ1) is 8.33. The van der Waals surface area contributed by atoms with Gasteiger partial charge >= 0.3 is 0 Å². The summed E-state index contributed by atoms with van der Waals surface area (Å²) in [5, 5.41) is 3.10. The minimum atomic E-state index is -3.10. The van der Waals surface area contributed by atoms with Crippen molar-refractivity contribution in [2.45, 2.75) is 24.6 Å². The lowest BCUT2D eigenvalue weighted by molar-refractivity contribution is -0.136. The number of ether oxygens (including phenoxy) is 1. The molecule has 104 valence electrons. The number of hydrogen-bond donors (Lipinski definition) is 1. The van der Waals surface area contributed by atoms with E-state index in [0.29, 0.717) is 19.8 Å². The van der Waals surface area contributed by atoms with E-state index in [1.165, 1.54) is 0 Å². The van der Waals surface area contributed by atoms with Crippen molar-refractivity contribution in [2.24, 2.45) is 0 Å². The average molecular weight is 276 g/mol. The van der Waals surface area contributed by atoms with Crippen LogP contribution < -0.4 is 5.32 Å². The van der Waals surface area contributed by atoms with Gasteiger partial charge in [0.1, 0.15) is 6.04 Å². The first kappa shape index (κ1) is 13.8. The monoisotopic (exact) mass is 276 g/mol. The summed E-state index contributed by atoms with van der Waals surface area (Å²) in [6, 6.07) is -0.338. The first-order valence-electron chi connectivity index (χ1n) is 6.16. The highest BCUT2D eigenvalue weighted by Gasteiger charge is 2.42. The fourth-order valence-corrected chi connectivity index (χ4v) is 3.64. The summed E-state index contributed by atoms with van der Waals surface area (Å²) in [5.74, 6) is -0.0167. The average Bonchev–Trinajstić information content (AvgIpc) is 2.33. The molecule has 2 fully saturated rings. The molecule has 1 amide bonds. The Labute approximate surface area is 108 Å². The minimum absolute atomic E-state index is 0.0410. The summed E-state index contributed by atoms with van der Waals surface area (Å²) in [6.45, 7) is 5.52. The number of hydrogen-bond acceptors (Lipinski definition) is 5. The molecule has 1 N–H and O–H groups in total. The van der Waals surface area contributed by atoms with Crippen molar-refractivity contribution in [2.75, 3.05) is 38.6 Å². The highest BCUT2D eigenvalue weighted by Crippen LogP contribution is 2.24. The second kappa shape index (κ2) is 4.79. The molecule has 0 bridgehead atoms. The van der Waals surface area contributed by atoms with Crippen molar-refractivity contribution in [3.63, 3.8) is 0 Å². The van der Waals surface area contributed by atoms with Crippen LogP contribution in [-0.2, 0) is 19.4 Å². The predicted molar refractivity (Wildman–Crippen MR) is 67.1 cm³/mol. The highest BCUT2D eigenvalue weighted by atomic mass is 32.2. The Balaban J connectivity index is 2.05. The Bertz CT molecular complexity index is 426. The first-order valence-corrected chi connectivity index (χ1v) is 7.81. The molecule has 2 rings (SSSR count). The number of morpholine rings is 1. The van der Waals surface area contributed by atoms with Gasteiger partial charge < -0.3 is 15.0 Å². The molecule has 0 spiro atoms. The number of nitrogens with zero attached hydrogens (tertiary/aromatic N) is 1. The van der Waals surface area contributed by atoms with Crippen LogP contribution in [0.1, 0.15) is 13.8 Å². The zero-order valence-corrected chi connectivity index (χ0v) is 11.6. The number of carbonyl (C=O) groups excluding carboxylic acids is 1. The van der Waals surface area contributed by atoms with E-state index in [-0.39, 0.29) is 30.8 Å². The van der Waals surface area contributed by atoms with Gasteiger partial charge in [-0.15, -0.1) is 0 Å². The van der Waals surface area contributed by atoms with Crippen molar-refractivity contribution in [1.29, 1.82) is 0 Å². The quantitative estimate of drug-likeness (QED) is 0.665. The largest absolute Gasteiger partial charge is 0.378 e. The van der Waals surface area contributed by atoms with Crippen molar-refractivity contribution in [1.82, 2.24) is 10.2 Å². The van der Waals surface area contributed by atoms with Crippen LogP contribution in [0.2, 0.25) is 0 Å². The zero-order chi connectivity index (χ0) is 13.4. The topological polar surface area (TPSA) is 75.7 Å². The summed E-state index contributed by atoms with van der Waals surface area (Å²) in [6.07, 6.45) is 0. The van der Waals surface area contributed by atoms with Gasteiger partial charge in [-0.05, 0) is 13.8 Å². The molecule has 0 radical (unpaired) electrons. The molecular formula is C11H20N2O4S. The summed E-state index contributed by atoms with van der Waals surface area (Å²) < 4.78 is 28.1. The van der Waals surface area contributed by atoms with Gasteiger partial charge in [-0.2, -0.15) is 0 Å². The lowest BCUT2D eigenvalue weighted by atomic mass is 10.1. The number of rotatable bonds is 1. The van der Waals surface area contributed by atoms with E-state index in [9.17, 15) is 13.2 Å². The predicted octanol–water partition coefficient (Wildman–Crippen LogP) is -0.990. The lowest BCUT2D eigenvalue weighted by Crippen LogP contribution is -2.60. The van der Waals surface area contributed by atoms with Crippen LogP contribution in [0.15, 0.2) is 0 Å². The van der Waals surface area contributed by atoms with Crippen LogP contribution in [0.3, 0.4) is 0 Å². The van der Waals surface area contributed by atoms with Crippen LogP contribution in [-0.4, -0.2) is 68.6 Å². The second-order valence-electron chi connectivity index (χ2n) is 5.42. The molecule has 0 saturated carbocycles. The smallest absolute Gasteiger partial charge is 0.242 e. The molecule has 2 saturated heterocycles. The van der Waals surface area contributed by atoms with Crippen molar-refractivity contribution in [3.8, 4) is 0 Å². The number of nitrogens with one attached hydrogen (secondary N) is 1. The SMILES string of the molecule is CC1(C)CN(C(=O)C2COCCN2)CCS1(=O)=O. The summed E-state index contributed by atoms with van der Waals surface area (Å²) in [7, 11) is -3.10. The third-order valence-electron chi connectivity index (χ3n) is 3.57. The molecular weight excluding hydrogens is 256 g/mol. The van der Waals surface area contributed by atoms with E-state index in [1.807, 2.05) is 0 Å². The second-order valence-corrected chi connectivity index (χ2v) is 8.16. The van der Waals surface area contributed by atoms with Crippen molar-refractivity contribution >= 4 is 15.7 Å². The van der Waals surface area contributed by atoms with Crippen LogP contribution >= 0.6 is 0 Å². The minimum Gasteiger partial charge on any atom is -0.378 e. The van der Waals surface area contributed by atoms with Crippen molar-refractivity contribution in [3.05, 3.63) is 0 Å². The lowest BCUT2D eigenvalue weighted by Gasteiger charge is -2.39. The van der Waals surface area contributed by atoms with Gasteiger partial charge in [-0.3, -0.25) is 4.79 Å². The fourth-order valence-electron chi connectivity index (χ4n) is 2.28. The molecule has 0 aromatic heterocycles. The molecule has 1 atom stereocenters. The van der Waals surface area contributed by atoms with Gasteiger partial charge in [0.15, 0.2) is 9.84 Å². The Morgan fingerprint density at radius 3 is 2.72 bits per heavy atom. The highest BCUT2D eigenvalue weighted by molar-refractivity contribution is 7.92. The van der Waals surface area contributed by atoms with Gasteiger partial charge in [-0.25, -0.2) is 8.42 Å². The van der Waals surface area contributed by atoms with E-state index in [0.717, 1.165) is 0 Å². The maximum Gasteiger partial charge on any atom is 0.242 e. The van der Waals surface area contributed by atoms with E-state index < -0.39 is 14.6 Å². The summed E-state index contributed by atoms with van der Waals surface area (Å²) >= 11 is 0. The van der Waals surface area contributed by atoms with Gasteiger partial charge in [0.05, 0.1) is 23.7 Å². The summed E-state index contributed by atoms with van der Waals surface area (Å²) in [4.78, 5) is 13.9. The Kier molecular flexibility index (Phi) is 3.66. The van der Waals surface area contributed by atoms with Crippen molar-refractivity contribution < 1.29 is 17.9 Å². The van der Waals surface area contributed by atoms with E-state index in [4.69, 9.17) is 4.74 Å². The van der Waals surface area contributed by atoms with E-state index in [2.05, 4.69) is 5.32 Å². The number of sulfone groups is 1.